The molecule has 1 aliphatic carbocycles. The number of hydrogen-bond donors (Lipinski definition) is 2. The molecular weight excluding hydrogens is 445 g/mol. The number of halogens is 1. The van der Waals surface area contributed by atoms with Gasteiger partial charge in [-0.15, -0.1) is 35.3 Å². The first-order valence-electron chi connectivity index (χ1n) is 8.56. The summed E-state index contributed by atoms with van der Waals surface area (Å²) in [4.78, 5) is 5.59. The van der Waals surface area contributed by atoms with Gasteiger partial charge in [-0.05, 0) is 43.2 Å². The highest BCUT2D eigenvalue weighted by atomic mass is 127. The van der Waals surface area contributed by atoms with Crippen molar-refractivity contribution in [2.24, 2.45) is 4.99 Å². The fourth-order valence-corrected chi connectivity index (χ4v) is 3.58. The molecule has 0 bridgehead atoms. The van der Waals surface area contributed by atoms with Gasteiger partial charge in [-0.1, -0.05) is 24.3 Å². The highest BCUT2D eigenvalue weighted by Gasteiger charge is 2.17. The summed E-state index contributed by atoms with van der Waals surface area (Å²) in [6, 6.07) is 12.5. The second-order valence-electron chi connectivity index (χ2n) is 5.99. The fourth-order valence-electron chi connectivity index (χ4n) is 2.93. The standard InChI is InChI=1S/C19H25N3OS.HI/c1-20-19(22-14-17-10-6-12-24-17)21-13-15-7-2-5-11-18(15)23-16-8-3-4-9-16;/h2,5-7,10-12,16H,3-4,8-9,13-14H2,1H3,(H2,20,21,22);1H. The minimum Gasteiger partial charge on any atom is -0.490 e. The Kier molecular flexibility index (Phi) is 8.54. The Hall–Kier alpha value is -1.28. The van der Waals surface area contributed by atoms with Gasteiger partial charge < -0.3 is 15.4 Å². The van der Waals surface area contributed by atoms with Crippen LogP contribution in [0.2, 0.25) is 0 Å². The number of rotatable bonds is 6. The van der Waals surface area contributed by atoms with Gasteiger partial charge in [0.15, 0.2) is 5.96 Å². The van der Waals surface area contributed by atoms with Crippen molar-refractivity contribution in [3.05, 3.63) is 52.2 Å². The van der Waals surface area contributed by atoms with Gasteiger partial charge in [-0.25, -0.2) is 0 Å². The zero-order valence-corrected chi connectivity index (χ0v) is 17.7. The molecule has 0 atom stereocenters. The molecule has 1 aromatic heterocycles. The maximum Gasteiger partial charge on any atom is 0.191 e. The van der Waals surface area contributed by atoms with Crippen molar-refractivity contribution >= 4 is 41.3 Å². The van der Waals surface area contributed by atoms with E-state index in [9.17, 15) is 0 Å². The van der Waals surface area contributed by atoms with Gasteiger partial charge in [0.25, 0.3) is 0 Å². The molecule has 25 heavy (non-hydrogen) atoms. The van der Waals surface area contributed by atoms with Gasteiger partial charge in [0.2, 0.25) is 0 Å². The maximum absolute atomic E-state index is 6.19. The Bertz CT molecular complexity index is 654. The molecule has 1 aliphatic rings. The molecule has 0 radical (unpaired) electrons. The van der Waals surface area contributed by atoms with E-state index in [0.717, 1.165) is 18.3 Å². The summed E-state index contributed by atoms with van der Waals surface area (Å²) < 4.78 is 6.19. The summed E-state index contributed by atoms with van der Waals surface area (Å²) in [5.74, 6) is 1.80. The van der Waals surface area contributed by atoms with E-state index in [1.807, 2.05) is 6.07 Å². The second kappa shape index (κ2) is 10.7. The molecule has 136 valence electrons. The lowest BCUT2D eigenvalue weighted by molar-refractivity contribution is 0.208. The Labute approximate surface area is 171 Å². The molecule has 1 aromatic carbocycles. The van der Waals surface area contributed by atoms with E-state index in [1.165, 1.54) is 36.1 Å². The lowest BCUT2D eigenvalue weighted by Crippen LogP contribution is -2.36. The van der Waals surface area contributed by atoms with Crippen LogP contribution in [0.5, 0.6) is 5.75 Å². The molecule has 6 heteroatoms. The molecule has 1 fully saturated rings. The number of benzene rings is 1. The fraction of sp³-hybridized carbons (Fsp3) is 0.421. The quantitative estimate of drug-likeness (QED) is 0.369. The Morgan fingerprint density at radius 3 is 2.60 bits per heavy atom. The van der Waals surface area contributed by atoms with Gasteiger partial charge in [0.1, 0.15) is 5.75 Å². The van der Waals surface area contributed by atoms with Crippen molar-refractivity contribution in [3.8, 4) is 5.75 Å². The molecule has 0 unspecified atom stereocenters. The normalized spacial score (nSPS) is 14.8. The van der Waals surface area contributed by atoms with Crippen molar-refractivity contribution < 1.29 is 4.74 Å². The summed E-state index contributed by atoms with van der Waals surface area (Å²) in [5, 5.41) is 8.81. The first-order chi connectivity index (χ1) is 11.8. The van der Waals surface area contributed by atoms with Crippen molar-refractivity contribution in [1.82, 2.24) is 10.6 Å². The van der Waals surface area contributed by atoms with Crippen LogP contribution in [0.3, 0.4) is 0 Å². The monoisotopic (exact) mass is 471 g/mol. The van der Waals surface area contributed by atoms with Crippen LogP contribution in [0.15, 0.2) is 46.8 Å². The third-order valence-electron chi connectivity index (χ3n) is 4.25. The molecule has 2 aromatic rings. The predicted octanol–water partition coefficient (Wildman–Crippen LogP) is 4.55. The highest BCUT2D eigenvalue weighted by Crippen LogP contribution is 2.26. The smallest absolute Gasteiger partial charge is 0.191 e. The van der Waals surface area contributed by atoms with E-state index < -0.39 is 0 Å². The molecule has 0 spiro atoms. The lowest BCUT2D eigenvalue weighted by atomic mass is 10.2. The zero-order chi connectivity index (χ0) is 16.6. The summed E-state index contributed by atoms with van der Waals surface area (Å²) in [6.45, 7) is 1.49. The number of thiophene rings is 1. The zero-order valence-electron chi connectivity index (χ0n) is 14.5. The first kappa shape index (κ1) is 20.0. The van der Waals surface area contributed by atoms with Crippen LogP contribution in [0.4, 0.5) is 0 Å². The van der Waals surface area contributed by atoms with Gasteiger partial charge in [-0.3, -0.25) is 4.99 Å². The molecule has 3 rings (SSSR count). The number of ether oxygens (including phenoxy) is 1. The summed E-state index contributed by atoms with van der Waals surface area (Å²) in [7, 11) is 1.80. The van der Waals surface area contributed by atoms with Crippen molar-refractivity contribution in [3.63, 3.8) is 0 Å². The number of guanidine groups is 1. The van der Waals surface area contributed by atoms with Crippen LogP contribution in [0.1, 0.15) is 36.1 Å². The first-order valence-corrected chi connectivity index (χ1v) is 9.44. The van der Waals surface area contributed by atoms with Crippen LogP contribution in [-0.4, -0.2) is 19.1 Å². The van der Waals surface area contributed by atoms with Crippen LogP contribution in [0.25, 0.3) is 0 Å². The molecule has 0 saturated heterocycles. The molecule has 0 amide bonds. The van der Waals surface area contributed by atoms with E-state index >= 15 is 0 Å². The van der Waals surface area contributed by atoms with E-state index in [2.05, 4.69) is 51.3 Å². The molecule has 0 aliphatic heterocycles. The minimum absolute atomic E-state index is 0. The molecule has 2 N–H and O–H groups in total. The van der Waals surface area contributed by atoms with Gasteiger partial charge in [-0.2, -0.15) is 0 Å². The number of aliphatic imine (C=N–C) groups is 1. The largest absolute Gasteiger partial charge is 0.490 e. The summed E-state index contributed by atoms with van der Waals surface area (Å²) >= 11 is 1.74. The van der Waals surface area contributed by atoms with Gasteiger partial charge in [0.05, 0.1) is 12.6 Å². The van der Waals surface area contributed by atoms with Crippen LogP contribution in [-0.2, 0) is 13.1 Å². The lowest BCUT2D eigenvalue weighted by Gasteiger charge is -2.17. The topological polar surface area (TPSA) is 45.7 Å². The maximum atomic E-state index is 6.19. The van der Waals surface area contributed by atoms with E-state index in [0.29, 0.717) is 12.6 Å². The van der Waals surface area contributed by atoms with Crippen molar-refractivity contribution in [2.45, 2.75) is 44.9 Å². The Morgan fingerprint density at radius 1 is 1.12 bits per heavy atom. The minimum atomic E-state index is 0. The molecule has 1 saturated carbocycles. The SMILES string of the molecule is CN=C(NCc1cccs1)NCc1ccccc1OC1CCCC1.I. The molecule has 1 heterocycles. The van der Waals surface area contributed by atoms with Gasteiger partial charge >= 0.3 is 0 Å². The van der Waals surface area contributed by atoms with Gasteiger partial charge in [0, 0.05) is 24.0 Å². The average Bonchev–Trinajstić information content (AvgIpc) is 3.30. The third-order valence-corrected chi connectivity index (χ3v) is 5.12. The van der Waals surface area contributed by atoms with Crippen molar-refractivity contribution in [1.29, 1.82) is 0 Å². The predicted molar refractivity (Wildman–Crippen MR) is 116 cm³/mol. The molecular formula is C19H26IN3OS. The Morgan fingerprint density at radius 2 is 1.88 bits per heavy atom. The summed E-state index contributed by atoms with van der Waals surface area (Å²) in [6.07, 6.45) is 5.29. The highest BCUT2D eigenvalue weighted by molar-refractivity contribution is 14.0. The number of para-hydroxylation sites is 1. The molecule has 4 nitrogen and oxygen atoms in total. The average molecular weight is 471 g/mol. The van der Waals surface area contributed by atoms with E-state index in [1.54, 1.807) is 18.4 Å². The number of nitrogens with zero attached hydrogens (tertiary/aromatic N) is 1. The van der Waals surface area contributed by atoms with Crippen molar-refractivity contribution in [2.75, 3.05) is 7.05 Å². The number of nitrogens with one attached hydrogen (secondary N) is 2. The third kappa shape index (κ3) is 6.18. The van der Waals surface area contributed by atoms with Crippen LogP contribution >= 0.6 is 35.3 Å². The van der Waals surface area contributed by atoms with E-state index in [-0.39, 0.29) is 24.0 Å². The summed E-state index contributed by atoms with van der Waals surface area (Å²) in [5.41, 5.74) is 1.17. The number of hydrogen-bond acceptors (Lipinski definition) is 3. The van der Waals surface area contributed by atoms with Crippen LogP contribution in [0, 0.1) is 0 Å². The van der Waals surface area contributed by atoms with E-state index in [4.69, 9.17) is 4.74 Å². The Balaban J connectivity index is 0.00000225. The van der Waals surface area contributed by atoms with Crippen LogP contribution < -0.4 is 15.4 Å². The second-order valence-corrected chi connectivity index (χ2v) is 7.02.